The number of esters is 2. The predicted octanol–water partition coefficient (Wildman–Crippen LogP) is 2.12. The van der Waals surface area contributed by atoms with E-state index in [9.17, 15) is 24.9 Å². The van der Waals surface area contributed by atoms with E-state index in [2.05, 4.69) is 0 Å². The van der Waals surface area contributed by atoms with Crippen LogP contribution in [0.4, 0.5) is 0 Å². The monoisotopic (exact) mass is 792 g/mol. The summed E-state index contributed by atoms with van der Waals surface area (Å²) < 4.78 is 44.1. The lowest BCUT2D eigenvalue weighted by atomic mass is 9.78. The smallest absolute Gasteiger partial charge is 0.311 e. The van der Waals surface area contributed by atoms with Crippen molar-refractivity contribution in [2.45, 2.75) is 198 Å². The van der Waals surface area contributed by atoms with Crippen molar-refractivity contribution in [3.05, 3.63) is 0 Å². The Labute approximate surface area is 328 Å². The van der Waals surface area contributed by atoms with Gasteiger partial charge in [0.2, 0.25) is 0 Å². The highest BCUT2D eigenvalue weighted by molar-refractivity contribution is 5.73. The molecule has 0 aromatic heterocycles. The average molecular weight is 792 g/mol. The van der Waals surface area contributed by atoms with E-state index in [1.54, 1.807) is 48.8 Å². The number of methoxy groups -OCH3 is 1. The van der Waals surface area contributed by atoms with Crippen LogP contribution in [0.2, 0.25) is 0 Å². The molecular weight excluding hydrogens is 718 g/mol. The minimum Gasteiger partial charge on any atom is -0.459 e. The Bertz CT molecular complexity index is 1260. The molecule has 55 heavy (non-hydrogen) atoms. The van der Waals surface area contributed by atoms with Crippen LogP contribution in [0, 0.1) is 11.8 Å². The minimum absolute atomic E-state index is 0.117. The SMILES string of the molecule is CC[C@H]1OC(=O)[C@H](C)[C@@H](O[C@H]2C[C@@](C)(OC)[C@@H](ON)[C@H](C)O2)[C@H](C)[C@@H](O[C@@H]2O[C@H](C)C[C@H](N(C)C)[C@H]2OC(C)=O)[C@](C)(O)C[C@@H](C)N(C)[C@H](C)[C@@H](O)[C@]1(C)O. The van der Waals surface area contributed by atoms with Crippen molar-refractivity contribution in [2.24, 2.45) is 17.7 Å². The van der Waals surface area contributed by atoms with Gasteiger partial charge < -0.3 is 53.4 Å². The van der Waals surface area contributed by atoms with Gasteiger partial charge in [-0.2, -0.15) is 0 Å². The van der Waals surface area contributed by atoms with Crippen molar-refractivity contribution in [1.82, 2.24) is 9.80 Å². The third-order valence-corrected chi connectivity index (χ3v) is 12.6. The number of ether oxygens (including phenoxy) is 7. The van der Waals surface area contributed by atoms with Crippen LogP contribution in [0.15, 0.2) is 0 Å². The molecule has 0 unspecified atom stereocenters. The summed E-state index contributed by atoms with van der Waals surface area (Å²) >= 11 is 0. The van der Waals surface area contributed by atoms with E-state index >= 15 is 0 Å². The van der Waals surface area contributed by atoms with Crippen LogP contribution in [-0.4, -0.2) is 162 Å². The number of hydrogen-bond donors (Lipinski definition) is 4. The molecule has 0 amide bonds. The molecule has 0 aromatic rings. The molecule has 5 N–H and O–H groups in total. The molecule has 322 valence electrons. The van der Waals surface area contributed by atoms with Crippen molar-refractivity contribution in [3.63, 3.8) is 0 Å². The van der Waals surface area contributed by atoms with E-state index < -0.39 is 102 Å². The van der Waals surface area contributed by atoms with E-state index in [1.807, 2.05) is 51.6 Å². The van der Waals surface area contributed by atoms with Gasteiger partial charge in [0.25, 0.3) is 0 Å². The van der Waals surface area contributed by atoms with Crippen LogP contribution in [-0.2, 0) is 47.6 Å². The fraction of sp³-hybridized carbons (Fsp3) is 0.949. The summed E-state index contributed by atoms with van der Waals surface area (Å²) in [5.74, 6) is 2.65. The molecule has 3 fully saturated rings. The first-order valence-corrected chi connectivity index (χ1v) is 19.8. The van der Waals surface area contributed by atoms with Gasteiger partial charge in [0, 0.05) is 38.5 Å². The summed E-state index contributed by atoms with van der Waals surface area (Å²) in [6.07, 6.45) is -7.92. The minimum atomic E-state index is -1.83. The van der Waals surface area contributed by atoms with Crippen LogP contribution >= 0.6 is 0 Å². The van der Waals surface area contributed by atoms with E-state index in [1.165, 1.54) is 13.8 Å². The second-order valence-corrected chi connectivity index (χ2v) is 17.3. The van der Waals surface area contributed by atoms with Crippen molar-refractivity contribution < 1.29 is 62.9 Å². The molecule has 16 heteroatoms. The first-order chi connectivity index (χ1) is 25.4. The lowest BCUT2D eigenvalue weighted by Crippen LogP contribution is -2.63. The molecule has 3 aliphatic rings. The zero-order chi connectivity index (χ0) is 42.0. The lowest BCUT2D eigenvalue weighted by molar-refractivity contribution is -0.322. The molecule has 18 atom stereocenters. The number of nitrogens with zero attached hydrogens (tertiary/aromatic N) is 2. The summed E-state index contributed by atoms with van der Waals surface area (Å²) in [6.45, 7) is 18.9. The molecule has 0 bridgehead atoms. The van der Waals surface area contributed by atoms with Gasteiger partial charge in [-0.3, -0.25) is 19.3 Å². The summed E-state index contributed by atoms with van der Waals surface area (Å²) in [5, 5.41) is 36.1. The Hall–Kier alpha value is -1.54. The van der Waals surface area contributed by atoms with E-state index in [-0.39, 0.29) is 37.5 Å². The van der Waals surface area contributed by atoms with Gasteiger partial charge in [-0.15, -0.1) is 0 Å². The summed E-state index contributed by atoms with van der Waals surface area (Å²) in [6, 6.07) is -1.27. The van der Waals surface area contributed by atoms with Gasteiger partial charge in [-0.1, -0.05) is 13.8 Å². The Morgan fingerprint density at radius 3 is 2.15 bits per heavy atom. The molecule has 3 heterocycles. The van der Waals surface area contributed by atoms with E-state index in [0.717, 1.165) is 0 Å². The van der Waals surface area contributed by atoms with Crippen LogP contribution in [0.5, 0.6) is 0 Å². The molecule has 16 nitrogen and oxygen atoms in total. The number of carbonyl (C=O) groups is 2. The topological polar surface area (TPSA) is 201 Å². The first-order valence-electron chi connectivity index (χ1n) is 19.8. The highest BCUT2D eigenvalue weighted by Gasteiger charge is 2.54. The van der Waals surface area contributed by atoms with Crippen molar-refractivity contribution in [1.29, 1.82) is 0 Å². The maximum absolute atomic E-state index is 14.3. The molecule has 0 aliphatic carbocycles. The van der Waals surface area contributed by atoms with Crippen molar-refractivity contribution >= 4 is 11.9 Å². The van der Waals surface area contributed by atoms with Crippen LogP contribution in [0.3, 0.4) is 0 Å². The number of cyclic esters (lactones) is 1. The number of nitrogens with two attached hydrogens (primary N) is 1. The molecule has 0 radical (unpaired) electrons. The van der Waals surface area contributed by atoms with E-state index in [0.29, 0.717) is 6.42 Å². The second-order valence-electron chi connectivity index (χ2n) is 17.3. The highest BCUT2D eigenvalue weighted by Crippen LogP contribution is 2.41. The predicted molar refractivity (Wildman–Crippen MR) is 202 cm³/mol. The Morgan fingerprint density at radius 2 is 1.62 bits per heavy atom. The summed E-state index contributed by atoms with van der Waals surface area (Å²) in [5.41, 5.74) is -4.42. The van der Waals surface area contributed by atoms with Gasteiger partial charge in [-0.25, -0.2) is 5.90 Å². The van der Waals surface area contributed by atoms with E-state index in [4.69, 9.17) is 43.9 Å². The molecule has 3 saturated heterocycles. The molecule has 0 spiro atoms. The van der Waals surface area contributed by atoms with Crippen LogP contribution < -0.4 is 5.90 Å². The van der Waals surface area contributed by atoms with Gasteiger partial charge >= 0.3 is 11.9 Å². The largest absolute Gasteiger partial charge is 0.459 e. The first kappa shape index (κ1) is 47.8. The molecule has 0 aromatic carbocycles. The fourth-order valence-corrected chi connectivity index (χ4v) is 8.98. The standard InChI is InChI=1S/C39H73N3O13/c1-16-28-39(11,47)32(44)24(6)42(14)20(2)18-37(9,46)33(54-36-31(51-26(8)43)27(41(12)13)17-21(3)49-36)22(4)30(23(5)35(45)52-28)53-29-19-38(10,48-15)34(55-40)25(7)50-29/h20-25,27-34,36,44,46-47H,16-19,40H2,1-15H3/t20-,21-,22+,23-,24-,25+,27+,28-,29+,30+,31-,32-,33-,34+,36+,37-,38-,39-/m1/s1. The van der Waals surface area contributed by atoms with Crippen molar-refractivity contribution in [2.75, 3.05) is 28.3 Å². The normalized spacial score (nSPS) is 47.2. The Morgan fingerprint density at radius 1 is 1.00 bits per heavy atom. The summed E-state index contributed by atoms with van der Waals surface area (Å²) in [4.78, 5) is 35.9. The Balaban J connectivity index is 2.23. The zero-order valence-corrected chi connectivity index (χ0v) is 35.9. The number of likely N-dealkylation sites (N-methyl/N-ethyl adjacent to an activating group) is 2. The number of rotatable bonds is 9. The molecular formula is C39H73N3O13. The van der Waals surface area contributed by atoms with Gasteiger partial charge in [-0.05, 0) is 95.8 Å². The molecule has 3 rings (SSSR count). The number of aliphatic hydroxyl groups excluding tert-OH is 1. The third-order valence-electron chi connectivity index (χ3n) is 12.6. The maximum atomic E-state index is 14.3. The Kier molecular flexibility index (Phi) is 16.5. The fourth-order valence-electron chi connectivity index (χ4n) is 8.98. The number of hydrogen-bond acceptors (Lipinski definition) is 16. The number of carbonyl (C=O) groups excluding carboxylic acids is 2. The lowest BCUT2D eigenvalue weighted by Gasteiger charge is -2.50. The quantitative estimate of drug-likeness (QED) is 0.195. The molecule has 3 aliphatic heterocycles. The third kappa shape index (κ3) is 10.8. The second kappa shape index (κ2) is 19.0. The van der Waals surface area contributed by atoms with Crippen molar-refractivity contribution in [3.8, 4) is 0 Å². The van der Waals surface area contributed by atoms with Gasteiger partial charge in [0.1, 0.15) is 29.5 Å². The zero-order valence-electron chi connectivity index (χ0n) is 35.9. The van der Waals surface area contributed by atoms with Crippen LogP contribution in [0.25, 0.3) is 0 Å². The van der Waals surface area contributed by atoms with Gasteiger partial charge in [0.05, 0.1) is 42.0 Å². The molecule has 0 saturated carbocycles. The summed E-state index contributed by atoms with van der Waals surface area (Å²) in [7, 11) is 7.12. The number of aliphatic hydroxyl groups is 3. The van der Waals surface area contributed by atoms with Crippen LogP contribution in [0.1, 0.15) is 102 Å². The highest BCUT2D eigenvalue weighted by atomic mass is 16.7. The average Bonchev–Trinajstić information content (AvgIpc) is 3.09. The van der Waals surface area contributed by atoms with Gasteiger partial charge in [0.15, 0.2) is 18.7 Å². The maximum Gasteiger partial charge on any atom is 0.311 e.